The number of urea groups is 1. The molecule has 30 heavy (non-hydrogen) atoms. The summed E-state index contributed by atoms with van der Waals surface area (Å²) in [4.78, 5) is 40.9. The lowest BCUT2D eigenvalue weighted by Crippen LogP contribution is -2.53. The molecule has 3 fully saturated rings. The zero-order chi connectivity index (χ0) is 21.1. The summed E-state index contributed by atoms with van der Waals surface area (Å²) in [5.41, 5.74) is 0.685. The van der Waals surface area contributed by atoms with Gasteiger partial charge in [0.15, 0.2) is 0 Å². The first kappa shape index (κ1) is 20.8. The molecular formula is C23H32N4O3. The molecule has 0 aromatic heterocycles. The van der Waals surface area contributed by atoms with Crippen molar-refractivity contribution in [2.75, 3.05) is 32.7 Å². The Kier molecular flexibility index (Phi) is 6.37. The van der Waals surface area contributed by atoms with E-state index in [1.807, 2.05) is 40.1 Å². The number of rotatable bonds is 5. The molecule has 4 unspecified atom stereocenters. The SMILES string of the molecule is CC(NC(=O)NC(=O)CN1CCN(C(=O)c2ccccc2)CC1)C1CC2CCC1C2. The Morgan fingerprint density at radius 2 is 1.77 bits per heavy atom. The molecule has 2 bridgehead atoms. The standard InChI is InChI=1S/C23H32N4O3/c1-16(20-14-17-7-8-19(20)13-17)24-23(30)25-21(28)15-26-9-11-27(12-10-26)22(29)18-5-3-2-4-6-18/h2-6,16-17,19-20H,7-15H2,1H3,(H2,24,25,28,30). The second kappa shape index (κ2) is 9.16. The molecule has 1 heterocycles. The van der Waals surface area contributed by atoms with Gasteiger partial charge in [-0.15, -0.1) is 0 Å². The lowest BCUT2D eigenvalue weighted by Gasteiger charge is -2.34. The Morgan fingerprint density at radius 3 is 2.40 bits per heavy atom. The highest BCUT2D eigenvalue weighted by Crippen LogP contribution is 2.49. The van der Waals surface area contributed by atoms with Crippen LogP contribution in [0.1, 0.15) is 43.0 Å². The van der Waals surface area contributed by atoms with Crippen molar-refractivity contribution >= 4 is 17.8 Å². The van der Waals surface area contributed by atoms with E-state index in [1.54, 1.807) is 0 Å². The number of hydrogen-bond donors (Lipinski definition) is 2. The van der Waals surface area contributed by atoms with Crippen LogP contribution in [0.2, 0.25) is 0 Å². The second-order valence-corrected chi connectivity index (χ2v) is 9.08. The van der Waals surface area contributed by atoms with E-state index in [1.165, 1.54) is 25.7 Å². The van der Waals surface area contributed by atoms with Crippen LogP contribution in [0.4, 0.5) is 4.79 Å². The molecule has 162 valence electrons. The lowest BCUT2D eigenvalue weighted by atomic mass is 9.84. The highest BCUT2D eigenvalue weighted by atomic mass is 16.2. The van der Waals surface area contributed by atoms with E-state index in [4.69, 9.17) is 0 Å². The number of fused-ring (bicyclic) bond motifs is 2. The van der Waals surface area contributed by atoms with Gasteiger partial charge in [0.2, 0.25) is 5.91 Å². The fourth-order valence-corrected chi connectivity index (χ4v) is 5.50. The Labute approximate surface area is 178 Å². The molecule has 1 aromatic rings. The van der Waals surface area contributed by atoms with Gasteiger partial charge in [-0.1, -0.05) is 24.6 Å². The van der Waals surface area contributed by atoms with Crippen molar-refractivity contribution in [2.24, 2.45) is 17.8 Å². The Hall–Kier alpha value is -2.41. The van der Waals surface area contributed by atoms with E-state index in [0.717, 1.165) is 11.8 Å². The van der Waals surface area contributed by atoms with Crippen molar-refractivity contribution in [3.05, 3.63) is 35.9 Å². The Morgan fingerprint density at radius 1 is 1.03 bits per heavy atom. The first-order chi connectivity index (χ1) is 14.5. The monoisotopic (exact) mass is 412 g/mol. The molecule has 3 aliphatic rings. The van der Waals surface area contributed by atoms with Gasteiger partial charge >= 0.3 is 6.03 Å². The van der Waals surface area contributed by atoms with Crippen molar-refractivity contribution in [1.29, 1.82) is 0 Å². The number of piperazine rings is 1. The van der Waals surface area contributed by atoms with Crippen LogP contribution in [0.3, 0.4) is 0 Å². The van der Waals surface area contributed by atoms with Crippen molar-refractivity contribution in [3.8, 4) is 0 Å². The van der Waals surface area contributed by atoms with Gasteiger partial charge in [0.1, 0.15) is 0 Å². The maximum atomic E-state index is 12.5. The van der Waals surface area contributed by atoms with Crippen LogP contribution in [0.15, 0.2) is 30.3 Å². The van der Waals surface area contributed by atoms with E-state index in [9.17, 15) is 14.4 Å². The van der Waals surface area contributed by atoms with Crippen LogP contribution >= 0.6 is 0 Å². The second-order valence-electron chi connectivity index (χ2n) is 9.08. The number of hydrogen-bond acceptors (Lipinski definition) is 4. The summed E-state index contributed by atoms with van der Waals surface area (Å²) in [6.07, 6.45) is 5.12. The fraction of sp³-hybridized carbons (Fsp3) is 0.609. The van der Waals surface area contributed by atoms with Crippen LogP contribution in [-0.4, -0.2) is 66.4 Å². The largest absolute Gasteiger partial charge is 0.336 e. The molecule has 4 amide bonds. The average molecular weight is 413 g/mol. The normalized spacial score (nSPS) is 27.0. The van der Waals surface area contributed by atoms with Gasteiger partial charge in [0, 0.05) is 37.8 Å². The number of benzene rings is 1. The molecule has 2 aliphatic carbocycles. The summed E-state index contributed by atoms with van der Waals surface area (Å²) >= 11 is 0. The molecule has 0 spiro atoms. The van der Waals surface area contributed by atoms with Gasteiger partial charge in [-0.3, -0.25) is 19.8 Å². The molecule has 1 saturated heterocycles. The highest BCUT2D eigenvalue weighted by molar-refractivity contribution is 5.95. The molecule has 4 rings (SSSR count). The van der Waals surface area contributed by atoms with Crippen molar-refractivity contribution in [2.45, 2.75) is 38.6 Å². The molecule has 1 aromatic carbocycles. The highest BCUT2D eigenvalue weighted by Gasteiger charge is 2.42. The molecule has 2 saturated carbocycles. The molecular weight excluding hydrogens is 380 g/mol. The molecule has 0 radical (unpaired) electrons. The number of carbonyl (C=O) groups is 3. The number of nitrogens with one attached hydrogen (secondary N) is 2. The van der Waals surface area contributed by atoms with Gasteiger partial charge < -0.3 is 10.2 Å². The third kappa shape index (κ3) is 4.83. The lowest BCUT2D eigenvalue weighted by molar-refractivity contribution is -0.121. The number of imide groups is 1. The van der Waals surface area contributed by atoms with Gasteiger partial charge in [-0.25, -0.2) is 4.79 Å². The smallest absolute Gasteiger partial charge is 0.321 e. The number of nitrogens with zero attached hydrogens (tertiary/aromatic N) is 2. The predicted molar refractivity (Wildman–Crippen MR) is 114 cm³/mol. The van der Waals surface area contributed by atoms with E-state index in [2.05, 4.69) is 17.6 Å². The molecule has 4 atom stereocenters. The van der Waals surface area contributed by atoms with E-state index in [-0.39, 0.29) is 24.4 Å². The zero-order valence-electron chi connectivity index (χ0n) is 17.7. The van der Waals surface area contributed by atoms with E-state index < -0.39 is 6.03 Å². The van der Waals surface area contributed by atoms with Crippen LogP contribution < -0.4 is 10.6 Å². The predicted octanol–water partition coefficient (Wildman–Crippen LogP) is 2.09. The van der Waals surface area contributed by atoms with Gasteiger partial charge in [-0.2, -0.15) is 0 Å². The minimum Gasteiger partial charge on any atom is -0.336 e. The number of carbonyl (C=O) groups excluding carboxylic acids is 3. The third-order valence-corrected chi connectivity index (χ3v) is 7.09. The van der Waals surface area contributed by atoms with Crippen molar-refractivity contribution < 1.29 is 14.4 Å². The quantitative estimate of drug-likeness (QED) is 0.776. The molecule has 7 heteroatoms. The first-order valence-electron chi connectivity index (χ1n) is 11.2. The van der Waals surface area contributed by atoms with Crippen molar-refractivity contribution in [1.82, 2.24) is 20.4 Å². The van der Waals surface area contributed by atoms with Crippen LogP contribution in [-0.2, 0) is 4.79 Å². The van der Waals surface area contributed by atoms with Crippen LogP contribution in [0.25, 0.3) is 0 Å². The first-order valence-corrected chi connectivity index (χ1v) is 11.2. The van der Waals surface area contributed by atoms with Crippen LogP contribution in [0, 0.1) is 17.8 Å². The number of amides is 4. The molecule has 7 nitrogen and oxygen atoms in total. The Balaban J connectivity index is 1.17. The minimum atomic E-state index is -0.395. The third-order valence-electron chi connectivity index (χ3n) is 7.09. The van der Waals surface area contributed by atoms with Crippen LogP contribution in [0.5, 0.6) is 0 Å². The molecule has 2 N–H and O–H groups in total. The van der Waals surface area contributed by atoms with E-state index in [0.29, 0.717) is 37.7 Å². The summed E-state index contributed by atoms with van der Waals surface area (Å²) in [5.74, 6) is 1.83. The van der Waals surface area contributed by atoms with Gasteiger partial charge in [0.05, 0.1) is 6.54 Å². The average Bonchev–Trinajstić information content (AvgIpc) is 3.38. The van der Waals surface area contributed by atoms with Gasteiger partial charge in [0.25, 0.3) is 5.91 Å². The maximum Gasteiger partial charge on any atom is 0.321 e. The summed E-state index contributed by atoms with van der Waals surface area (Å²) < 4.78 is 0. The topological polar surface area (TPSA) is 81.8 Å². The maximum absolute atomic E-state index is 12.5. The van der Waals surface area contributed by atoms with Crippen molar-refractivity contribution in [3.63, 3.8) is 0 Å². The van der Waals surface area contributed by atoms with E-state index >= 15 is 0 Å². The van der Waals surface area contributed by atoms with Gasteiger partial charge in [-0.05, 0) is 56.1 Å². The zero-order valence-corrected chi connectivity index (χ0v) is 17.7. The summed E-state index contributed by atoms with van der Waals surface area (Å²) in [6, 6.07) is 8.95. The minimum absolute atomic E-state index is 0.0219. The Bertz CT molecular complexity index is 776. The summed E-state index contributed by atoms with van der Waals surface area (Å²) in [7, 11) is 0. The fourth-order valence-electron chi connectivity index (χ4n) is 5.50. The summed E-state index contributed by atoms with van der Waals surface area (Å²) in [6.45, 7) is 4.62. The summed E-state index contributed by atoms with van der Waals surface area (Å²) in [5, 5.41) is 5.45. The molecule has 1 aliphatic heterocycles.